The Morgan fingerprint density at radius 3 is 2.62 bits per heavy atom. The van der Waals surface area contributed by atoms with Crippen molar-refractivity contribution in [3.8, 4) is 0 Å². The lowest BCUT2D eigenvalue weighted by Gasteiger charge is -2.33. The summed E-state index contributed by atoms with van der Waals surface area (Å²) in [6.45, 7) is 5.93. The van der Waals surface area contributed by atoms with Gasteiger partial charge in [-0.15, -0.1) is 12.4 Å². The molecule has 1 aliphatic carbocycles. The Hall–Kier alpha value is 0.130. The number of halogens is 1. The van der Waals surface area contributed by atoms with E-state index in [1.807, 2.05) is 0 Å². The van der Waals surface area contributed by atoms with E-state index in [0.29, 0.717) is 12.1 Å². The molecule has 124 valence electrons. The Labute approximate surface area is 135 Å². The van der Waals surface area contributed by atoms with Gasteiger partial charge in [0.1, 0.15) is 0 Å². The molecular weight excluding hydrogens is 288 g/mol. The molecule has 2 N–H and O–H groups in total. The van der Waals surface area contributed by atoms with Crippen LogP contribution < -0.4 is 10.6 Å². The third-order valence-electron chi connectivity index (χ3n) is 5.34. The standard InChI is InChI=1S/C16H30N2O2.ClH/c1-2-14(16-12-20-11-8-18-16)15(3-1)17-7-4-13-5-9-19-10-6-13;/h13-18H,1-12H2;1H. The molecular formula is C16H31ClN2O2. The Balaban J connectivity index is 0.00000161. The van der Waals surface area contributed by atoms with Crippen molar-refractivity contribution in [2.24, 2.45) is 11.8 Å². The van der Waals surface area contributed by atoms with Gasteiger partial charge in [-0.3, -0.25) is 0 Å². The highest BCUT2D eigenvalue weighted by Gasteiger charge is 2.34. The topological polar surface area (TPSA) is 42.5 Å². The minimum atomic E-state index is 0. The smallest absolute Gasteiger partial charge is 0.0623 e. The molecule has 0 amide bonds. The fourth-order valence-electron chi connectivity index (χ4n) is 4.09. The number of rotatable bonds is 5. The number of hydrogen-bond acceptors (Lipinski definition) is 4. The van der Waals surface area contributed by atoms with E-state index >= 15 is 0 Å². The predicted octanol–water partition coefficient (Wildman–Crippen LogP) is 1.97. The first-order valence-electron chi connectivity index (χ1n) is 8.56. The lowest BCUT2D eigenvalue weighted by Crippen LogP contribution is -2.51. The molecule has 2 heterocycles. The molecule has 1 saturated carbocycles. The zero-order chi connectivity index (χ0) is 13.6. The second kappa shape index (κ2) is 9.31. The largest absolute Gasteiger partial charge is 0.381 e. The van der Waals surface area contributed by atoms with E-state index < -0.39 is 0 Å². The number of nitrogens with one attached hydrogen (secondary N) is 2. The fourth-order valence-corrected chi connectivity index (χ4v) is 4.09. The van der Waals surface area contributed by atoms with Gasteiger partial charge in [-0.25, -0.2) is 0 Å². The minimum Gasteiger partial charge on any atom is -0.381 e. The van der Waals surface area contributed by atoms with Crippen LogP contribution in [0.4, 0.5) is 0 Å². The molecule has 0 bridgehead atoms. The first-order valence-corrected chi connectivity index (χ1v) is 8.56. The average molecular weight is 319 g/mol. The van der Waals surface area contributed by atoms with Crippen LogP contribution >= 0.6 is 12.4 Å². The summed E-state index contributed by atoms with van der Waals surface area (Å²) in [6.07, 6.45) is 7.91. The van der Waals surface area contributed by atoms with Crippen LogP contribution in [-0.2, 0) is 9.47 Å². The molecule has 0 spiro atoms. The molecule has 3 unspecified atom stereocenters. The van der Waals surface area contributed by atoms with Gasteiger partial charge < -0.3 is 20.1 Å². The van der Waals surface area contributed by atoms with E-state index in [2.05, 4.69) is 10.6 Å². The van der Waals surface area contributed by atoms with Crippen LogP contribution in [0.5, 0.6) is 0 Å². The van der Waals surface area contributed by atoms with Crippen molar-refractivity contribution >= 4 is 12.4 Å². The van der Waals surface area contributed by atoms with Crippen LogP contribution in [0.3, 0.4) is 0 Å². The van der Waals surface area contributed by atoms with Gasteiger partial charge in [0.2, 0.25) is 0 Å². The molecule has 5 heteroatoms. The molecule has 3 fully saturated rings. The predicted molar refractivity (Wildman–Crippen MR) is 87.1 cm³/mol. The summed E-state index contributed by atoms with van der Waals surface area (Å²) in [5.41, 5.74) is 0. The van der Waals surface area contributed by atoms with Crippen LogP contribution in [0.1, 0.15) is 38.5 Å². The molecule has 0 aromatic carbocycles. The summed E-state index contributed by atoms with van der Waals surface area (Å²) in [6, 6.07) is 1.28. The van der Waals surface area contributed by atoms with E-state index in [1.54, 1.807) is 0 Å². The molecule has 4 nitrogen and oxygen atoms in total. The monoisotopic (exact) mass is 318 g/mol. The quantitative estimate of drug-likeness (QED) is 0.813. The van der Waals surface area contributed by atoms with E-state index in [4.69, 9.17) is 9.47 Å². The number of hydrogen-bond donors (Lipinski definition) is 2. The summed E-state index contributed by atoms with van der Waals surface area (Å²) >= 11 is 0. The summed E-state index contributed by atoms with van der Waals surface area (Å²) < 4.78 is 11.1. The van der Waals surface area contributed by atoms with Gasteiger partial charge in [0, 0.05) is 31.8 Å². The van der Waals surface area contributed by atoms with Gasteiger partial charge in [0.05, 0.1) is 13.2 Å². The van der Waals surface area contributed by atoms with Crippen LogP contribution in [0.15, 0.2) is 0 Å². The maximum atomic E-state index is 5.64. The summed E-state index contributed by atoms with van der Waals surface area (Å²) in [5.74, 6) is 1.65. The fraction of sp³-hybridized carbons (Fsp3) is 1.00. The molecule has 0 aromatic heterocycles. The first-order chi connectivity index (χ1) is 9.93. The molecule has 3 aliphatic rings. The number of ether oxygens (including phenoxy) is 2. The zero-order valence-corrected chi connectivity index (χ0v) is 13.8. The van der Waals surface area contributed by atoms with Crippen molar-refractivity contribution in [3.63, 3.8) is 0 Å². The summed E-state index contributed by atoms with van der Waals surface area (Å²) in [5, 5.41) is 7.49. The van der Waals surface area contributed by atoms with Crippen molar-refractivity contribution in [1.82, 2.24) is 10.6 Å². The van der Waals surface area contributed by atoms with Crippen LogP contribution in [-0.4, -0.2) is 51.6 Å². The zero-order valence-electron chi connectivity index (χ0n) is 13.0. The highest BCUT2D eigenvalue weighted by Crippen LogP contribution is 2.29. The Bertz CT molecular complexity index is 281. The molecule has 2 aliphatic heterocycles. The van der Waals surface area contributed by atoms with Crippen LogP contribution in [0.2, 0.25) is 0 Å². The lowest BCUT2D eigenvalue weighted by atomic mass is 9.93. The second-order valence-corrected chi connectivity index (χ2v) is 6.64. The molecule has 0 radical (unpaired) electrons. The highest BCUT2D eigenvalue weighted by atomic mass is 35.5. The van der Waals surface area contributed by atoms with Gasteiger partial charge in [0.15, 0.2) is 0 Å². The maximum Gasteiger partial charge on any atom is 0.0623 e. The molecule has 3 rings (SSSR count). The van der Waals surface area contributed by atoms with Crippen molar-refractivity contribution < 1.29 is 9.47 Å². The Morgan fingerprint density at radius 2 is 1.86 bits per heavy atom. The second-order valence-electron chi connectivity index (χ2n) is 6.64. The van der Waals surface area contributed by atoms with Gasteiger partial charge in [-0.1, -0.05) is 6.42 Å². The normalized spacial score (nSPS) is 34.6. The minimum absolute atomic E-state index is 0. The van der Waals surface area contributed by atoms with Crippen molar-refractivity contribution in [2.45, 2.75) is 50.6 Å². The van der Waals surface area contributed by atoms with Crippen LogP contribution in [0, 0.1) is 11.8 Å². The van der Waals surface area contributed by atoms with Gasteiger partial charge >= 0.3 is 0 Å². The third-order valence-corrected chi connectivity index (χ3v) is 5.34. The Kier molecular flexibility index (Phi) is 7.75. The van der Waals surface area contributed by atoms with Crippen LogP contribution in [0.25, 0.3) is 0 Å². The maximum absolute atomic E-state index is 5.64. The number of morpholine rings is 1. The highest BCUT2D eigenvalue weighted by molar-refractivity contribution is 5.85. The molecule has 0 aromatic rings. The molecule has 2 saturated heterocycles. The van der Waals surface area contributed by atoms with Gasteiger partial charge in [-0.05, 0) is 50.5 Å². The van der Waals surface area contributed by atoms with Gasteiger partial charge in [-0.2, -0.15) is 0 Å². The van der Waals surface area contributed by atoms with E-state index in [-0.39, 0.29) is 12.4 Å². The third kappa shape index (κ3) is 5.07. The molecule has 3 atom stereocenters. The lowest BCUT2D eigenvalue weighted by molar-refractivity contribution is 0.0512. The first kappa shape index (κ1) is 17.5. The van der Waals surface area contributed by atoms with Crippen molar-refractivity contribution in [3.05, 3.63) is 0 Å². The van der Waals surface area contributed by atoms with Gasteiger partial charge in [0.25, 0.3) is 0 Å². The van der Waals surface area contributed by atoms with Crippen molar-refractivity contribution in [2.75, 3.05) is 39.5 Å². The SMILES string of the molecule is C1CC(NCCC2CCOCC2)C(C2COCCN2)C1.Cl. The van der Waals surface area contributed by atoms with E-state index in [1.165, 1.54) is 45.1 Å². The van der Waals surface area contributed by atoms with Crippen molar-refractivity contribution in [1.29, 1.82) is 0 Å². The average Bonchev–Trinajstić information content (AvgIpc) is 2.98. The summed E-state index contributed by atoms with van der Waals surface area (Å²) in [7, 11) is 0. The Morgan fingerprint density at radius 1 is 1.00 bits per heavy atom. The van der Waals surface area contributed by atoms with E-state index in [0.717, 1.165) is 44.8 Å². The van der Waals surface area contributed by atoms with E-state index in [9.17, 15) is 0 Å². The molecule has 21 heavy (non-hydrogen) atoms. The summed E-state index contributed by atoms with van der Waals surface area (Å²) in [4.78, 5) is 0.